The summed E-state index contributed by atoms with van der Waals surface area (Å²) in [6.07, 6.45) is 1.68. The van der Waals surface area contributed by atoms with Crippen molar-refractivity contribution in [3.63, 3.8) is 0 Å². The Hall–Kier alpha value is -2.31. The molecule has 7 nitrogen and oxygen atoms in total. The fourth-order valence-corrected chi connectivity index (χ4v) is 1.42. The van der Waals surface area contributed by atoms with Gasteiger partial charge in [-0.3, -0.25) is 14.9 Å². The lowest BCUT2D eigenvalue weighted by molar-refractivity contribution is -0.150. The number of imide groups is 1. The van der Waals surface area contributed by atoms with Crippen LogP contribution in [0.4, 0.5) is 4.79 Å². The van der Waals surface area contributed by atoms with Gasteiger partial charge >= 0.3 is 12.0 Å². The summed E-state index contributed by atoms with van der Waals surface area (Å²) in [7, 11) is 0. The third kappa shape index (κ3) is 7.76. The van der Waals surface area contributed by atoms with Gasteiger partial charge in [0, 0.05) is 0 Å². The molecule has 1 aromatic rings. The Labute approximate surface area is 123 Å². The van der Waals surface area contributed by atoms with Crippen molar-refractivity contribution in [2.75, 3.05) is 6.61 Å². The van der Waals surface area contributed by atoms with Crippen molar-refractivity contribution in [3.05, 3.63) is 24.2 Å². The minimum absolute atomic E-state index is 0.163. The van der Waals surface area contributed by atoms with Crippen molar-refractivity contribution in [3.8, 4) is 0 Å². The number of furan rings is 1. The molecule has 0 aliphatic carbocycles. The molecule has 3 amide bonds. The Bertz CT molecular complexity index is 488. The predicted octanol–water partition coefficient (Wildman–Crippen LogP) is 1.58. The molecule has 0 saturated heterocycles. The molecule has 0 saturated carbocycles. The molecule has 0 unspecified atom stereocenters. The number of carbonyl (C=O) groups is 3. The highest BCUT2D eigenvalue weighted by atomic mass is 16.5. The Morgan fingerprint density at radius 2 is 2.00 bits per heavy atom. The van der Waals surface area contributed by atoms with Crippen LogP contribution >= 0.6 is 0 Å². The van der Waals surface area contributed by atoms with Crippen LogP contribution in [0.5, 0.6) is 0 Å². The smallest absolute Gasteiger partial charge is 0.321 e. The van der Waals surface area contributed by atoms with Crippen LogP contribution in [-0.4, -0.2) is 24.5 Å². The van der Waals surface area contributed by atoms with Crippen molar-refractivity contribution in [1.29, 1.82) is 0 Å². The fourth-order valence-electron chi connectivity index (χ4n) is 1.42. The summed E-state index contributed by atoms with van der Waals surface area (Å²) < 4.78 is 9.80. The van der Waals surface area contributed by atoms with Crippen LogP contribution in [0.3, 0.4) is 0 Å². The molecule has 0 atom stereocenters. The van der Waals surface area contributed by atoms with Crippen molar-refractivity contribution < 1.29 is 23.5 Å². The Morgan fingerprint density at radius 1 is 1.29 bits per heavy atom. The quantitative estimate of drug-likeness (QED) is 0.804. The number of hydrogen-bond acceptors (Lipinski definition) is 5. The highest BCUT2D eigenvalue weighted by Crippen LogP contribution is 2.18. The molecule has 1 rings (SSSR count). The number of rotatable bonds is 5. The molecule has 116 valence electrons. The molecule has 0 aromatic carbocycles. The highest BCUT2D eigenvalue weighted by molar-refractivity contribution is 5.95. The van der Waals surface area contributed by atoms with Gasteiger partial charge in [-0.2, -0.15) is 0 Å². The maximum absolute atomic E-state index is 11.4. The number of amides is 3. The van der Waals surface area contributed by atoms with E-state index in [1.807, 2.05) is 20.8 Å². The normalized spacial score (nSPS) is 10.8. The van der Waals surface area contributed by atoms with Gasteiger partial charge in [0.1, 0.15) is 5.76 Å². The second-order valence-corrected chi connectivity index (χ2v) is 5.71. The summed E-state index contributed by atoms with van der Waals surface area (Å²) in [6, 6.07) is 2.70. The van der Waals surface area contributed by atoms with E-state index in [2.05, 4.69) is 10.6 Å². The third-order valence-corrected chi connectivity index (χ3v) is 2.30. The molecule has 2 N–H and O–H groups in total. The van der Waals surface area contributed by atoms with E-state index in [1.165, 1.54) is 6.26 Å². The second-order valence-electron chi connectivity index (χ2n) is 5.71. The summed E-state index contributed by atoms with van der Waals surface area (Å²) in [6.45, 7) is 5.34. The van der Waals surface area contributed by atoms with E-state index in [0.717, 1.165) is 0 Å². The first-order chi connectivity index (χ1) is 9.76. The number of carbonyl (C=O) groups excluding carboxylic acids is 3. The van der Waals surface area contributed by atoms with Crippen molar-refractivity contribution in [1.82, 2.24) is 10.6 Å². The molecular weight excluding hydrogens is 276 g/mol. The molecular formula is C14H20N2O5. The van der Waals surface area contributed by atoms with Crippen molar-refractivity contribution in [2.24, 2.45) is 5.41 Å². The van der Waals surface area contributed by atoms with Crippen LogP contribution in [0, 0.1) is 5.41 Å². The zero-order valence-corrected chi connectivity index (χ0v) is 12.4. The molecule has 0 radical (unpaired) electrons. The van der Waals surface area contributed by atoms with Gasteiger partial charge in [-0.15, -0.1) is 0 Å². The SMILES string of the molecule is CC(C)(C)CC(=O)OCC(=O)NC(=O)NCc1ccco1. The average Bonchev–Trinajstić information content (AvgIpc) is 2.85. The van der Waals surface area contributed by atoms with E-state index < -0.39 is 24.5 Å². The molecule has 0 spiro atoms. The first-order valence-electron chi connectivity index (χ1n) is 6.52. The first kappa shape index (κ1) is 16.7. The zero-order valence-electron chi connectivity index (χ0n) is 12.4. The standard InChI is InChI=1S/C14H20N2O5/c1-14(2,3)7-12(18)21-9-11(17)16-13(19)15-8-10-5-4-6-20-10/h4-6H,7-9H2,1-3H3,(H2,15,16,17,19). The van der Waals surface area contributed by atoms with E-state index >= 15 is 0 Å². The van der Waals surface area contributed by atoms with Crippen LogP contribution in [-0.2, 0) is 20.9 Å². The fraction of sp³-hybridized carbons (Fsp3) is 0.500. The molecule has 0 bridgehead atoms. The number of nitrogens with one attached hydrogen (secondary N) is 2. The Balaban J connectivity index is 2.21. The molecule has 1 heterocycles. The summed E-state index contributed by atoms with van der Waals surface area (Å²) in [5.74, 6) is -0.600. The van der Waals surface area contributed by atoms with Crippen LogP contribution in [0.25, 0.3) is 0 Å². The summed E-state index contributed by atoms with van der Waals surface area (Å²) >= 11 is 0. The second kappa shape index (κ2) is 7.47. The first-order valence-corrected chi connectivity index (χ1v) is 6.52. The molecule has 0 aliphatic rings. The number of urea groups is 1. The minimum atomic E-state index is -0.686. The summed E-state index contributed by atoms with van der Waals surface area (Å²) in [4.78, 5) is 34.2. The van der Waals surface area contributed by atoms with Gasteiger partial charge < -0.3 is 14.5 Å². The average molecular weight is 296 g/mol. The maximum Gasteiger partial charge on any atom is 0.321 e. The number of hydrogen-bond donors (Lipinski definition) is 2. The summed E-state index contributed by atoms with van der Waals surface area (Å²) in [5, 5.41) is 4.49. The zero-order chi connectivity index (χ0) is 15.9. The maximum atomic E-state index is 11.4. The molecule has 0 fully saturated rings. The van der Waals surface area contributed by atoms with Crippen LogP contribution in [0.2, 0.25) is 0 Å². The van der Waals surface area contributed by atoms with E-state index in [0.29, 0.717) is 5.76 Å². The third-order valence-electron chi connectivity index (χ3n) is 2.30. The van der Waals surface area contributed by atoms with E-state index in [-0.39, 0.29) is 18.4 Å². The lowest BCUT2D eigenvalue weighted by Gasteiger charge is -2.16. The molecule has 21 heavy (non-hydrogen) atoms. The molecule has 0 aliphatic heterocycles. The lowest BCUT2D eigenvalue weighted by atomic mass is 9.93. The van der Waals surface area contributed by atoms with Crippen LogP contribution in [0.1, 0.15) is 33.0 Å². The van der Waals surface area contributed by atoms with Gasteiger partial charge in [-0.1, -0.05) is 20.8 Å². The van der Waals surface area contributed by atoms with E-state index in [4.69, 9.17) is 9.15 Å². The number of esters is 1. The largest absolute Gasteiger partial charge is 0.467 e. The molecule has 7 heteroatoms. The van der Waals surface area contributed by atoms with Gasteiger partial charge in [-0.25, -0.2) is 4.79 Å². The van der Waals surface area contributed by atoms with Gasteiger partial charge in [0.05, 0.1) is 19.2 Å². The predicted molar refractivity (Wildman–Crippen MR) is 74.1 cm³/mol. The van der Waals surface area contributed by atoms with Gasteiger partial charge in [0.25, 0.3) is 5.91 Å². The monoisotopic (exact) mass is 296 g/mol. The highest BCUT2D eigenvalue weighted by Gasteiger charge is 2.18. The van der Waals surface area contributed by atoms with E-state index in [9.17, 15) is 14.4 Å². The van der Waals surface area contributed by atoms with Crippen LogP contribution in [0.15, 0.2) is 22.8 Å². The Morgan fingerprint density at radius 3 is 2.57 bits per heavy atom. The van der Waals surface area contributed by atoms with Gasteiger partial charge in [0.2, 0.25) is 0 Å². The van der Waals surface area contributed by atoms with E-state index in [1.54, 1.807) is 12.1 Å². The topological polar surface area (TPSA) is 97.6 Å². The summed E-state index contributed by atoms with van der Waals surface area (Å²) in [5.41, 5.74) is -0.214. The van der Waals surface area contributed by atoms with Crippen molar-refractivity contribution >= 4 is 17.9 Å². The van der Waals surface area contributed by atoms with Crippen molar-refractivity contribution in [2.45, 2.75) is 33.7 Å². The number of ether oxygens (including phenoxy) is 1. The minimum Gasteiger partial charge on any atom is -0.467 e. The van der Waals surface area contributed by atoms with Gasteiger partial charge in [0.15, 0.2) is 6.61 Å². The Kier molecular flexibility index (Phi) is 5.95. The van der Waals surface area contributed by atoms with Gasteiger partial charge in [-0.05, 0) is 17.5 Å². The lowest BCUT2D eigenvalue weighted by Crippen LogP contribution is -2.41. The van der Waals surface area contributed by atoms with Crippen LogP contribution < -0.4 is 10.6 Å². The molecule has 1 aromatic heterocycles.